The summed E-state index contributed by atoms with van der Waals surface area (Å²) in [6, 6.07) is 3.28. The molecule has 1 atom stereocenters. The molecular weight excluding hydrogens is 332 g/mol. The first-order chi connectivity index (χ1) is 12.5. The van der Waals surface area contributed by atoms with Crippen LogP contribution in [0.2, 0.25) is 0 Å². The van der Waals surface area contributed by atoms with E-state index in [1.807, 2.05) is 0 Å². The van der Waals surface area contributed by atoms with Crippen LogP contribution in [0, 0.1) is 0 Å². The third-order valence-electron chi connectivity index (χ3n) is 5.96. The largest absolute Gasteiger partial charge is 0.492 e. The fourth-order valence-electron chi connectivity index (χ4n) is 4.68. The highest BCUT2D eigenvalue weighted by Crippen LogP contribution is 2.50. The number of carbonyl (C=O) groups excluding carboxylic acids is 3. The van der Waals surface area contributed by atoms with E-state index in [0.29, 0.717) is 16.9 Å². The van der Waals surface area contributed by atoms with Crippen molar-refractivity contribution < 1.29 is 23.5 Å². The van der Waals surface area contributed by atoms with Crippen LogP contribution < -0.4 is 0 Å². The van der Waals surface area contributed by atoms with Crippen LogP contribution in [0.1, 0.15) is 73.3 Å². The monoisotopic (exact) mass is 348 g/mol. The molecule has 1 heterocycles. The number of benzene rings is 1. The molecule has 0 spiro atoms. The van der Waals surface area contributed by atoms with Crippen molar-refractivity contribution >= 4 is 17.3 Å². The highest BCUT2D eigenvalue weighted by atomic mass is 16.5. The Morgan fingerprint density at radius 1 is 1.08 bits per heavy atom. The Morgan fingerprint density at radius 2 is 1.88 bits per heavy atom. The van der Waals surface area contributed by atoms with Crippen molar-refractivity contribution in [2.75, 3.05) is 7.11 Å². The molecule has 1 aromatic heterocycles. The van der Waals surface area contributed by atoms with Gasteiger partial charge in [0.15, 0.2) is 17.3 Å². The summed E-state index contributed by atoms with van der Waals surface area (Å²) in [5, 5.41) is 0. The molecule has 5 nitrogen and oxygen atoms in total. The number of rotatable bonds is 1. The molecule has 5 heteroatoms. The van der Waals surface area contributed by atoms with Crippen LogP contribution in [0.4, 0.5) is 0 Å². The molecule has 0 radical (unpaired) electrons. The molecule has 1 aromatic carbocycles. The van der Waals surface area contributed by atoms with E-state index < -0.39 is 0 Å². The van der Waals surface area contributed by atoms with E-state index in [0.717, 1.165) is 36.0 Å². The highest BCUT2D eigenvalue weighted by Gasteiger charge is 2.47. The van der Waals surface area contributed by atoms with E-state index in [2.05, 4.69) is 6.92 Å². The quantitative estimate of drug-likeness (QED) is 0.790. The van der Waals surface area contributed by atoms with Gasteiger partial charge in [-0.05, 0) is 42.5 Å². The molecule has 3 aliphatic carbocycles. The van der Waals surface area contributed by atoms with Gasteiger partial charge in [-0.15, -0.1) is 0 Å². The number of allylic oxidation sites excluding steroid dienone is 2. The Balaban J connectivity index is 1.81. The van der Waals surface area contributed by atoms with Crippen LogP contribution in [0.5, 0.6) is 0 Å². The second-order valence-corrected chi connectivity index (χ2v) is 7.33. The fraction of sp³-hybridized carbons (Fsp3) is 0.286. The van der Waals surface area contributed by atoms with Crippen molar-refractivity contribution in [3.05, 3.63) is 69.4 Å². The SMILES string of the molecule is COC1=CC(=O)c2cc3c(cc2C1=O)C(=O)c1occ2c1[C@]3(C)CCC2. The molecule has 0 unspecified atom stereocenters. The number of carbonyl (C=O) groups is 3. The van der Waals surface area contributed by atoms with Crippen LogP contribution >= 0.6 is 0 Å². The van der Waals surface area contributed by atoms with Crippen molar-refractivity contribution in [1.29, 1.82) is 0 Å². The number of ether oxygens (including phenoxy) is 1. The highest BCUT2D eigenvalue weighted by molar-refractivity contribution is 6.25. The Bertz CT molecular complexity index is 1070. The third-order valence-corrected chi connectivity index (χ3v) is 5.96. The lowest BCUT2D eigenvalue weighted by Gasteiger charge is -2.39. The topological polar surface area (TPSA) is 73.6 Å². The molecule has 5 rings (SSSR count). The molecule has 0 saturated carbocycles. The van der Waals surface area contributed by atoms with Crippen LogP contribution in [0.3, 0.4) is 0 Å². The average Bonchev–Trinajstić information content (AvgIpc) is 3.08. The average molecular weight is 348 g/mol. The normalized spacial score (nSPS) is 23.2. The summed E-state index contributed by atoms with van der Waals surface area (Å²) in [4.78, 5) is 38.2. The first kappa shape index (κ1) is 15.3. The maximum absolute atomic E-state index is 13.0. The van der Waals surface area contributed by atoms with Gasteiger partial charge in [-0.1, -0.05) is 6.92 Å². The first-order valence-electron chi connectivity index (χ1n) is 8.64. The molecular formula is C21H16O5. The zero-order valence-corrected chi connectivity index (χ0v) is 14.5. The zero-order chi connectivity index (χ0) is 18.2. The summed E-state index contributed by atoms with van der Waals surface area (Å²) < 4.78 is 10.6. The summed E-state index contributed by atoms with van der Waals surface area (Å²) in [6.07, 6.45) is 5.63. The predicted molar refractivity (Wildman–Crippen MR) is 91.7 cm³/mol. The Kier molecular flexibility index (Phi) is 2.84. The molecule has 3 aliphatic rings. The van der Waals surface area contributed by atoms with Gasteiger partial charge in [0.1, 0.15) is 0 Å². The lowest BCUT2D eigenvalue weighted by Crippen LogP contribution is -2.36. The summed E-state index contributed by atoms with van der Waals surface area (Å²) >= 11 is 0. The number of furan rings is 1. The van der Waals surface area contributed by atoms with Crippen molar-refractivity contribution in [3.8, 4) is 0 Å². The maximum atomic E-state index is 13.0. The number of methoxy groups -OCH3 is 1. The summed E-state index contributed by atoms with van der Waals surface area (Å²) in [6.45, 7) is 2.09. The lowest BCUT2D eigenvalue weighted by atomic mass is 9.62. The number of hydrogen-bond donors (Lipinski definition) is 0. The molecule has 0 aliphatic heterocycles. The summed E-state index contributed by atoms with van der Waals surface area (Å²) in [5.74, 6) is -0.513. The smallest absolute Gasteiger partial charge is 0.228 e. The molecule has 0 bridgehead atoms. The Morgan fingerprint density at radius 3 is 2.65 bits per heavy atom. The van der Waals surface area contributed by atoms with Gasteiger partial charge < -0.3 is 9.15 Å². The molecule has 0 N–H and O–H groups in total. The van der Waals surface area contributed by atoms with E-state index in [4.69, 9.17) is 9.15 Å². The van der Waals surface area contributed by atoms with Crippen molar-refractivity contribution in [2.45, 2.75) is 31.6 Å². The minimum atomic E-state index is -0.386. The van der Waals surface area contributed by atoms with E-state index >= 15 is 0 Å². The van der Waals surface area contributed by atoms with Gasteiger partial charge in [-0.25, -0.2) is 0 Å². The standard InChI is InChI=1S/C21H16O5/c1-21-5-3-4-10-9-26-20(17(10)21)19(24)13-6-12-11(7-14(13)21)15(22)8-16(25-2)18(12)23/h6-9H,3-5H2,1-2H3/t21-/m1/s1. The van der Waals surface area contributed by atoms with Crippen LogP contribution in [-0.4, -0.2) is 24.5 Å². The van der Waals surface area contributed by atoms with Gasteiger partial charge >= 0.3 is 0 Å². The summed E-state index contributed by atoms with van der Waals surface area (Å²) in [5.41, 5.74) is 3.44. The lowest BCUT2D eigenvalue weighted by molar-refractivity contribution is 0.0916. The Labute approximate surface area is 149 Å². The number of Topliss-reactive ketones (excluding diaryl/α,β-unsaturated/α-hetero) is 1. The fourth-order valence-corrected chi connectivity index (χ4v) is 4.68. The van der Waals surface area contributed by atoms with Gasteiger partial charge in [0, 0.05) is 33.7 Å². The van der Waals surface area contributed by atoms with Gasteiger partial charge in [0.25, 0.3) is 0 Å². The third kappa shape index (κ3) is 1.68. The van der Waals surface area contributed by atoms with E-state index in [1.54, 1.807) is 18.4 Å². The van der Waals surface area contributed by atoms with E-state index in [9.17, 15) is 14.4 Å². The molecule has 0 fully saturated rings. The minimum Gasteiger partial charge on any atom is -0.492 e. The molecule has 0 saturated heterocycles. The van der Waals surface area contributed by atoms with Crippen molar-refractivity contribution in [2.24, 2.45) is 0 Å². The van der Waals surface area contributed by atoms with Crippen LogP contribution in [-0.2, 0) is 16.6 Å². The van der Waals surface area contributed by atoms with Crippen molar-refractivity contribution in [1.82, 2.24) is 0 Å². The minimum absolute atomic E-state index is 0.00411. The number of ketones is 3. The molecule has 26 heavy (non-hydrogen) atoms. The van der Waals surface area contributed by atoms with Crippen molar-refractivity contribution in [3.63, 3.8) is 0 Å². The summed E-state index contributed by atoms with van der Waals surface area (Å²) in [7, 11) is 1.35. The van der Waals surface area contributed by atoms with Gasteiger partial charge in [-0.2, -0.15) is 0 Å². The number of hydrogen-bond acceptors (Lipinski definition) is 5. The van der Waals surface area contributed by atoms with Gasteiger partial charge in [-0.3, -0.25) is 14.4 Å². The van der Waals surface area contributed by atoms with E-state index in [-0.39, 0.29) is 34.1 Å². The number of fused-ring (bicyclic) bond motifs is 3. The number of aryl methyl sites for hydroxylation is 1. The maximum Gasteiger partial charge on any atom is 0.228 e. The molecule has 2 aromatic rings. The zero-order valence-electron chi connectivity index (χ0n) is 14.5. The van der Waals surface area contributed by atoms with Crippen LogP contribution in [0.15, 0.2) is 34.6 Å². The van der Waals surface area contributed by atoms with E-state index in [1.165, 1.54) is 13.2 Å². The van der Waals surface area contributed by atoms with Crippen LogP contribution in [0.25, 0.3) is 0 Å². The second kappa shape index (κ2) is 4.81. The molecule has 130 valence electrons. The molecule has 0 amide bonds. The second-order valence-electron chi connectivity index (χ2n) is 7.33. The van der Waals surface area contributed by atoms with Gasteiger partial charge in [0.05, 0.1) is 13.4 Å². The van der Waals surface area contributed by atoms with Gasteiger partial charge in [0.2, 0.25) is 11.6 Å². The predicted octanol–water partition coefficient (Wildman–Crippen LogP) is 3.38. The Hall–Kier alpha value is -2.95. The first-order valence-corrected chi connectivity index (χ1v) is 8.64.